The van der Waals surface area contributed by atoms with Gasteiger partial charge >= 0.3 is 0 Å². The van der Waals surface area contributed by atoms with E-state index in [2.05, 4.69) is 55.2 Å². The minimum Gasteiger partial charge on any atom is -0.489 e. The van der Waals surface area contributed by atoms with Gasteiger partial charge in [0.15, 0.2) is 0 Å². The highest BCUT2D eigenvalue weighted by Gasteiger charge is 1.97. The molecule has 0 saturated heterocycles. The first-order valence-corrected chi connectivity index (χ1v) is 12.1. The van der Waals surface area contributed by atoms with Gasteiger partial charge in [-0.25, -0.2) is 0 Å². The number of nitrogens with zero attached hydrogens (tertiary/aromatic N) is 1. The summed E-state index contributed by atoms with van der Waals surface area (Å²) in [7, 11) is 0. The number of rotatable bonds is 16. The van der Waals surface area contributed by atoms with E-state index in [0.29, 0.717) is 6.61 Å². The highest BCUT2D eigenvalue weighted by atomic mass is 16.5. The van der Waals surface area contributed by atoms with Crippen molar-refractivity contribution >= 4 is 6.21 Å². The Morgan fingerprint density at radius 1 is 0.667 bits per heavy atom. The molecule has 0 radical (unpaired) electrons. The molecule has 2 nitrogen and oxygen atoms in total. The standard InChI is InChI=1S/C28H41NO/c1-3-5-6-7-8-9-10-11-12-13-22-29-23-26-18-20-28(21-19-26)30-24-27-16-14-25(4-2)15-17-27/h14-21,23H,3-13,22,24H2,1-2H3/b29-23+. The summed E-state index contributed by atoms with van der Waals surface area (Å²) in [4.78, 5) is 4.58. The van der Waals surface area contributed by atoms with Crippen LogP contribution in [-0.4, -0.2) is 12.8 Å². The summed E-state index contributed by atoms with van der Waals surface area (Å²) in [6, 6.07) is 16.9. The molecule has 0 aliphatic heterocycles. The maximum Gasteiger partial charge on any atom is 0.119 e. The van der Waals surface area contributed by atoms with Gasteiger partial charge in [0.2, 0.25) is 0 Å². The van der Waals surface area contributed by atoms with E-state index in [9.17, 15) is 0 Å². The van der Waals surface area contributed by atoms with Crippen LogP contribution in [0.25, 0.3) is 0 Å². The van der Waals surface area contributed by atoms with E-state index in [1.165, 1.54) is 75.3 Å². The molecule has 0 fully saturated rings. The number of hydrogen-bond donors (Lipinski definition) is 0. The maximum atomic E-state index is 5.89. The van der Waals surface area contributed by atoms with Gasteiger partial charge in [-0.3, -0.25) is 4.99 Å². The molecule has 2 rings (SSSR count). The molecule has 2 heteroatoms. The fraction of sp³-hybridized carbons (Fsp3) is 0.536. The summed E-state index contributed by atoms with van der Waals surface area (Å²) >= 11 is 0. The van der Waals surface area contributed by atoms with E-state index < -0.39 is 0 Å². The summed E-state index contributed by atoms with van der Waals surface area (Å²) < 4.78 is 5.89. The second kappa shape index (κ2) is 15.7. The van der Waals surface area contributed by atoms with Crippen molar-refractivity contribution in [1.29, 1.82) is 0 Å². The molecule has 0 aliphatic rings. The molecule has 0 heterocycles. The van der Waals surface area contributed by atoms with E-state index in [0.717, 1.165) is 24.3 Å². The van der Waals surface area contributed by atoms with Crippen LogP contribution in [0.1, 0.15) is 94.7 Å². The first kappa shape index (κ1) is 24.2. The fourth-order valence-corrected chi connectivity index (χ4v) is 3.55. The summed E-state index contributed by atoms with van der Waals surface area (Å²) in [6.45, 7) is 5.99. The second-order valence-electron chi connectivity index (χ2n) is 8.25. The third-order valence-corrected chi connectivity index (χ3v) is 5.60. The monoisotopic (exact) mass is 407 g/mol. The Morgan fingerprint density at radius 2 is 1.23 bits per heavy atom. The van der Waals surface area contributed by atoms with Crippen LogP contribution in [0.3, 0.4) is 0 Å². The molecule has 0 amide bonds. The molecule has 164 valence electrons. The summed E-state index contributed by atoms with van der Waals surface area (Å²) in [6.07, 6.45) is 16.7. The molecule has 30 heavy (non-hydrogen) atoms. The van der Waals surface area contributed by atoms with Crippen molar-refractivity contribution in [1.82, 2.24) is 0 Å². The molecule has 0 N–H and O–H groups in total. The molecule has 0 saturated carbocycles. The molecule has 2 aromatic rings. The SMILES string of the molecule is CCCCCCCCCCCC/N=C/c1ccc(OCc2ccc(CC)cc2)cc1. The van der Waals surface area contributed by atoms with Gasteiger partial charge in [0.05, 0.1) is 0 Å². The molecule has 0 spiro atoms. The van der Waals surface area contributed by atoms with E-state index in [1.807, 2.05) is 18.3 Å². The molecule has 2 aromatic carbocycles. The Balaban J connectivity index is 1.54. The van der Waals surface area contributed by atoms with Crippen molar-refractivity contribution in [2.24, 2.45) is 4.99 Å². The molecular weight excluding hydrogens is 366 g/mol. The largest absolute Gasteiger partial charge is 0.489 e. The molecule has 0 atom stereocenters. The van der Waals surface area contributed by atoms with Crippen LogP contribution in [-0.2, 0) is 13.0 Å². The van der Waals surface area contributed by atoms with Gasteiger partial charge in [-0.05, 0) is 53.8 Å². The number of benzene rings is 2. The van der Waals surface area contributed by atoms with Crippen molar-refractivity contribution in [2.75, 3.05) is 6.54 Å². The van der Waals surface area contributed by atoms with Gasteiger partial charge in [0, 0.05) is 12.8 Å². The Labute approximate surface area is 184 Å². The zero-order valence-electron chi connectivity index (χ0n) is 19.2. The van der Waals surface area contributed by atoms with Gasteiger partial charge in [-0.1, -0.05) is 95.9 Å². The molecular formula is C28H41NO. The smallest absolute Gasteiger partial charge is 0.119 e. The lowest BCUT2D eigenvalue weighted by molar-refractivity contribution is 0.306. The minimum atomic E-state index is 0.607. The van der Waals surface area contributed by atoms with Crippen molar-refractivity contribution in [3.63, 3.8) is 0 Å². The Kier molecular flexibility index (Phi) is 12.7. The van der Waals surface area contributed by atoms with Crippen LogP contribution in [0.2, 0.25) is 0 Å². The minimum absolute atomic E-state index is 0.607. The van der Waals surface area contributed by atoms with Gasteiger partial charge in [0.1, 0.15) is 12.4 Å². The topological polar surface area (TPSA) is 21.6 Å². The first-order valence-electron chi connectivity index (χ1n) is 12.1. The highest BCUT2D eigenvalue weighted by Crippen LogP contribution is 2.14. The van der Waals surface area contributed by atoms with E-state index in [1.54, 1.807) is 0 Å². The quantitative estimate of drug-likeness (QED) is 0.203. The highest BCUT2D eigenvalue weighted by molar-refractivity contribution is 5.79. The Hall–Kier alpha value is -2.09. The second-order valence-corrected chi connectivity index (χ2v) is 8.25. The summed E-state index contributed by atoms with van der Waals surface area (Å²) in [5.41, 5.74) is 3.70. The maximum absolute atomic E-state index is 5.89. The lowest BCUT2D eigenvalue weighted by atomic mass is 10.1. The van der Waals surface area contributed by atoms with E-state index >= 15 is 0 Å². The third-order valence-electron chi connectivity index (χ3n) is 5.60. The third kappa shape index (κ3) is 10.6. The summed E-state index contributed by atoms with van der Waals surface area (Å²) in [5.74, 6) is 0.904. The lowest BCUT2D eigenvalue weighted by Gasteiger charge is -2.07. The number of aliphatic imine (C=N–C) groups is 1. The van der Waals surface area contributed by atoms with Crippen molar-refractivity contribution in [2.45, 2.75) is 91.1 Å². The van der Waals surface area contributed by atoms with Gasteiger partial charge in [0.25, 0.3) is 0 Å². The van der Waals surface area contributed by atoms with E-state index in [-0.39, 0.29) is 0 Å². The van der Waals surface area contributed by atoms with Gasteiger partial charge < -0.3 is 4.74 Å². The average molecular weight is 408 g/mol. The van der Waals surface area contributed by atoms with Crippen molar-refractivity contribution in [3.05, 3.63) is 65.2 Å². The van der Waals surface area contributed by atoms with Crippen LogP contribution >= 0.6 is 0 Å². The normalized spacial score (nSPS) is 11.3. The predicted octanol–water partition coefficient (Wildman–Crippen LogP) is 8.17. The average Bonchev–Trinajstić information content (AvgIpc) is 2.79. The Bertz CT molecular complexity index is 688. The van der Waals surface area contributed by atoms with Crippen LogP contribution in [0, 0.1) is 0 Å². The fourth-order valence-electron chi connectivity index (χ4n) is 3.55. The van der Waals surface area contributed by atoms with Crippen LogP contribution in [0.15, 0.2) is 53.5 Å². The molecule has 0 aliphatic carbocycles. The van der Waals surface area contributed by atoms with Gasteiger partial charge in [-0.15, -0.1) is 0 Å². The van der Waals surface area contributed by atoms with Crippen LogP contribution < -0.4 is 4.74 Å². The molecule has 0 unspecified atom stereocenters. The molecule has 0 bridgehead atoms. The van der Waals surface area contributed by atoms with Gasteiger partial charge in [-0.2, -0.15) is 0 Å². The number of hydrogen-bond acceptors (Lipinski definition) is 2. The zero-order valence-corrected chi connectivity index (χ0v) is 19.2. The number of unbranched alkanes of at least 4 members (excludes halogenated alkanes) is 9. The summed E-state index contributed by atoms with van der Waals surface area (Å²) in [5, 5.41) is 0. The zero-order chi connectivity index (χ0) is 21.3. The Morgan fingerprint density at radius 3 is 1.83 bits per heavy atom. The van der Waals surface area contributed by atoms with Crippen molar-refractivity contribution < 1.29 is 4.74 Å². The number of aryl methyl sites for hydroxylation is 1. The predicted molar refractivity (Wildman–Crippen MR) is 131 cm³/mol. The molecule has 0 aromatic heterocycles. The van der Waals surface area contributed by atoms with E-state index in [4.69, 9.17) is 4.74 Å². The van der Waals surface area contributed by atoms with Crippen LogP contribution in [0.4, 0.5) is 0 Å². The first-order chi connectivity index (χ1) is 14.8. The van der Waals surface area contributed by atoms with Crippen molar-refractivity contribution in [3.8, 4) is 5.75 Å². The van der Waals surface area contributed by atoms with Crippen LogP contribution in [0.5, 0.6) is 5.75 Å². The number of ether oxygens (including phenoxy) is 1. The lowest BCUT2D eigenvalue weighted by Crippen LogP contribution is -1.96.